The molecule has 0 saturated carbocycles. The molecule has 0 unspecified atom stereocenters. The van der Waals surface area contributed by atoms with Crippen LogP contribution in [0.1, 0.15) is 24.3 Å². The molecule has 0 amide bonds. The maximum atomic E-state index is 6.24. The number of benzene rings is 2. The lowest BCUT2D eigenvalue weighted by molar-refractivity contribution is 0.319. The molecular weight excluding hydrogens is 355 g/mol. The molecule has 3 aliphatic heterocycles. The molecule has 1 fully saturated rings. The Bertz CT molecular complexity index is 839. The van der Waals surface area contributed by atoms with E-state index in [2.05, 4.69) is 22.3 Å². The van der Waals surface area contributed by atoms with E-state index in [1.807, 2.05) is 18.2 Å². The number of piperidine rings is 1. The summed E-state index contributed by atoms with van der Waals surface area (Å²) in [6.45, 7) is 4.01. The lowest BCUT2D eigenvalue weighted by Gasteiger charge is -2.33. The van der Waals surface area contributed by atoms with Gasteiger partial charge in [0.25, 0.3) is 0 Å². The molecule has 3 heterocycles. The van der Waals surface area contributed by atoms with E-state index in [1.54, 1.807) is 0 Å². The van der Waals surface area contributed by atoms with E-state index in [4.69, 9.17) is 27.9 Å². The van der Waals surface area contributed by atoms with Gasteiger partial charge in [0.2, 0.25) is 0 Å². The van der Waals surface area contributed by atoms with Crippen LogP contribution in [0, 0.1) is 0 Å². The summed E-state index contributed by atoms with van der Waals surface area (Å²) in [5, 5.41) is 4.74. The third-order valence-electron chi connectivity index (χ3n) is 5.69. The maximum absolute atomic E-state index is 6.24. The topological polar surface area (TPSA) is 24.5 Å². The fourth-order valence-corrected chi connectivity index (χ4v) is 4.87. The van der Waals surface area contributed by atoms with Gasteiger partial charge in [-0.2, -0.15) is 0 Å². The van der Waals surface area contributed by atoms with Crippen molar-refractivity contribution in [2.24, 2.45) is 0 Å². The van der Waals surface area contributed by atoms with Crippen LogP contribution in [0.2, 0.25) is 10.0 Å². The first-order valence-electron chi connectivity index (χ1n) is 8.96. The van der Waals surface area contributed by atoms with E-state index >= 15 is 0 Å². The SMILES string of the molecule is Clc1ccc(-c2cc3c4c(c2)[C@@H]2CNCC[C@@H]2N4CCCO3)cc1Cl. The third-order valence-corrected chi connectivity index (χ3v) is 6.43. The lowest BCUT2D eigenvalue weighted by Crippen LogP contribution is -2.44. The number of nitrogens with zero attached hydrogens (tertiary/aromatic N) is 1. The van der Waals surface area contributed by atoms with Crippen LogP contribution in [0.15, 0.2) is 30.3 Å². The Hall–Kier alpha value is -1.42. The molecule has 2 atom stereocenters. The Balaban J connectivity index is 1.67. The van der Waals surface area contributed by atoms with Crippen LogP contribution in [-0.2, 0) is 0 Å². The van der Waals surface area contributed by atoms with Crippen molar-refractivity contribution in [3.05, 3.63) is 45.9 Å². The highest BCUT2D eigenvalue weighted by atomic mass is 35.5. The molecule has 5 heteroatoms. The van der Waals surface area contributed by atoms with Crippen LogP contribution < -0.4 is 15.0 Å². The second-order valence-electron chi connectivity index (χ2n) is 7.10. The van der Waals surface area contributed by atoms with Gasteiger partial charge < -0.3 is 15.0 Å². The molecule has 0 spiro atoms. The van der Waals surface area contributed by atoms with Crippen molar-refractivity contribution in [1.82, 2.24) is 5.32 Å². The number of nitrogens with one attached hydrogen (secondary N) is 1. The first-order valence-corrected chi connectivity index (χ1v) is 9.71. The molecule has 2 aromatic rings. The zero-order valence-electron chi connectivity index (χ0n) is 13.9. The van der Waals surface area contributed by atoms with Gasteiger partial charge in [0, 0.05) is 25.0 Å². The van der Waals surface area contributed by atoms with Gasteiger partial charge in [0.05, 0.1) is 22.3 Å². The molecule has 1 saturated heterocycles. The molecule has 1 N–H and O–H groups in total. The van der Waals surface area contributed by atoms with Crippen LogP contribution >= 0.6 is 23.2 Å². The summed E-state index contributed by atoms with van der Waals surface area (Å²) in [6.07, 6.45) is 2.27. The quantitative estimate of drug-likeness (QED) is 0.782. The fourth-order valence-electron chi connectivity index (χ4n) is 4.57. The summed E-state index contributed by atoms with van der Waals surface area (Å²) in [7, 11) is 0. The Labute approximate surface area is 157 Å². The van der Waals surface area contributed by atoms with Crippen LogP contribution in [-0.4, -0.2) is 32.3 Å². The van der Waals surface area contributed by atoms with Crippen molar-refractivity contribution < 1.29 is 4.74 Å². The number of rotatable bonds is 1. The average molecular weight is 375 g/mol. The number of fused-ring (bicyclic) bond motifs is 3. The summed E-state index contributed by atoms with van der Waals surface area (Å²) in [5.74, 6) is 1.55. The van der Waals surface area contributed by atoms with E-state index in [0.29, 0.717) is 22.0 Å². The van der Waals surface area contributed by atoms with Gasteiger partial charge in [-0.15, -0.1) is 0 Å². The van der Waals surface area contributed by atoms with Crippen LogP contribution in [0.25, 0.3) is 11.1 Å². The standard InChI is InChI=1S/C20H20Cl2N2O/c21-16-3-2-12(9-17(16)22)13-8-14-15-11-23-5-4-18(15)24-6-1-7-25-19(10-13)20(14)24/h2-3,8-10,15,18,23H,1,4-7,11H2/t15-,18-/m0/s1. The van der Waals surface area contributed by atoms with Gasteiger partial charge in [-0.25, -0.2) is 0 Å². The second kappa shape index (κ2) is 6.08. The Morgan fingerprint density at radius 1 is 1.08 bits per heavy atom. The monoisotopic (exact) mass is 374 g/mol. The molecule has 3 nitrogen and oxygen atoms in total. The van der Waals surface area contributed by atoms with Gasteiger partial charge in [-0.05, 0) is 60.3 Å². The predicted octanol–water partition coefficient (Wildman–Crippen LogP) is 4.71. The van der Waals surface area contributed by atoms with Gasteiger partial charge >= 0.3 is 0 Å². The number of hydrogen-bond donors (Lipinski definition) is 1. The minimum absolute atomic E-state index is 0.534. The third kappa shape index (κ3) is 2.52. The van der Waals surface area contributed by atoms with Crippen molar-refractivity contribution in [1.29, 1.82) is 0 Å². The van der Waals surface area contributed by atoms with Crippen molar-refractivity contribution in [3.63, 3.8) is 0 Å². The number of hydrogen-bond acceptors (Lipinski definition) is 3. The Morgan fingerprint density at radius 2 is 2.00 bits per heavy atom. The van der Waals surface area contributed by atoms with Crippen LogP contribution in [0.5, 0.6) is 5.75 Å². The van der Waals surface area contributed by atoms with E-state index < -0.39 is 0 Å². The molecule has 0 bridgehead atoms. The minimum atomic E-state index is 0.534. The number of ether oxygens (including phenoxy) is 1. The highest BCUT2D eigenvalue weighted by molar-refractivity contribution is 6.42. The molecule has 130 valence electrons. The second-order valence-corrected chi connectivity index (χ2v) is 7.92. The molecule has 25 heavy (non-hydrogen) atoms. The van der Waals surface area contributed by atoms with Gasteiger partial charge in [0.1, 0.15) is 5.75 Å². The first-order chi connectivity index (χ1) is 12.2. The zero-order chi connectivity index (χ0) is 17.0. The highest BCUT2D eigenvalue weighted by Gasteiger charge is 2.42. The average Bonchev–Trinajstić information content (AvgIpc) is 2.79. The smallest absolute Gasteiger partial charge is 0.143 e. The fraction of sp³-hybridized carbons (Fsp3) is 0.400. The van der Waals surface area contributed by atoms with E-state index in [0.717, 1.165) is 49.5 Å². The summed E-state index contributed by atoms with van der Waals surface area (Å²) >= 11 is 12.3. The van der Waals surface area contributed by atoms with Gasteiger partial charge in [-0.3, -0.25) is 0 Å². The maximum Gasteiger partial charge on any atom is 0.143 e. The van der Waals surface area contributed by atoms with Gasteiger partial charge in [-0.1, -0.05) is 29.3 Å². The van der Waals surface area contributed by atoms with Crippen LogP contribution in [0.4, 0.5) is 5.69 Å². The van der Waals surface area contributed by atoms with E-state index in [-0.39, 0.29) is 0 Å². The predicted molar refractivity (Wildman–Crippen MR) is 103 cm³/mol. The molecule has 0 aliphatic carbocycles. The largest absolute Gasteiger partial charge is 0.491 e. The molecule has 2 aromatic carbocycles. The van der Waals surface area contributed by atoms with Crippen LogP contribution in [0.3, 0.4) is 0 Å². The van der Waals surface area contributed by atoms with Gasteiger partial charge in [0.15, 0.2) is 0 Å². The number of anilines is 1. The van der Waals surface area contributed by atoms with Crippen molar-refractivity contribution in [2.45, 2.75) is 24.8 Å². The van der Waals surface area contributed by atoms with E-state index in [9.17, 15) is 0 Å². The summed E-state index contributed by atoms with van der Waals surface area (Å²) in [4.78, 5) is 2.60. The van der Waals surface area contributed by atoms with Crippen molar-refractivity contribution in [2.75, 3.05) is 31.1 Å². The van der Waals surface area contributed by atoms with Crippen molar-refractivity contribution >= 4 is 28.9 Å². The summed E-state index contributed by atoms with van der Waals surface area (Å²) < 4.78 is 6.14. The summed E-state index contributed by atoms with van der Waals surface area (Å²) in [5.41, 5.74) is 4.97. The Morgan fingerprint density at radius 3 is 2.88 bits per heavy atom. The van der Waals surface area contributed by atoms with E-state index in [1.165, 1.54) is 17.7 Å². The molecule has 3 aliphatic rings. The molecule has 0 aromatic heterocycles. The first kappa shape index (κ1) is 15.8. The Kier molecular flexibility index (Phi) is 3.85. The normalized spacial score (nSPS) is 24.3. The molecule has 5 rings (SSSR count). The highest BCUT2D eigenvalue weighted by Crippen LogP contribution is 2.51. The summed E-state index contributed by atoms with van der Waals surface area (Å²) in [6, 6.07) is 10.9. The zero-order valence-corrected chi connectivity index (χ0v) is 15.4. The molecule has 0 radical (unpaired) electrons. The van der Waals surface area contributed by atoms with Crippen molar-refractivity contribution in [3.8, 4) is 16.9 Å². The lowest BCUT2D eigenvalue weighted by atomic mass is 9.88. The number of halogens is 2. The molecular formula is C20H20Cl2N2O. The minimum Gasteiger partial charge on any atom is -0.491 e.